The van der Waals surface area contributed by atoms with Crippen molar-refractivity contribution in [3.63, 3.8) is 0 Å². The zero-order valence-corrected chi connectivity index (χ0v) is 17.1. The van der Waals surface area contributed by atoms with Crippen LogP contribution < -0.4 is 0 Å². The van der Waals surface area contributed by atoms with Gasteiger partial charge in [-0.3, -0.25) is 9.59 Å². The molecule has 2 atom stereocenters. The molecule has 2 aliphatic rings. The molecule has 2 aliphatic carbocycles. The zero-order chi connectivity index (χ0) is 19.1. The van der Waals surface area contributed by atoms with Gasteiger partial charge in [-0.15, -0.1) is 0 Å². The Kier molecular flexibility index (Phi) is 7.67. The van der Waals surface area contributed by atoms with E-state index in [1.807, 2.05) is 6.92 Å². The summed E-state index contributed by atoms with van der Waals surface area (Å²) in [5.74, 6) is 1.90. The van der Waals surface area contributed by atoms with E-state index in [0.717, 1.165) is 38.0 Å². The maximum Gasteiger partial charge on any atom is 0.143 e. The SMILES string of the molecule is CCCC(=O)CC(=O)C1CCC(CCc2ccccc2C2CCCCC2)C1. The van der Waals surface area contributed by atoms with Crippen LogP contribution in [0.15, 0.2) is 24.3 Å². The average Bonchev–Trinajstić information content (AvgIpc) is 3.17. The van der Waals surface area contributed by atoms with Crippen molar-refractivity contribution in [2.75, 3.05) is 0 Å². The Morgan fingerprint density at radius 1 is 1.00 bits per heavy atom. The molecule has 2 heteroatoms. The maximum atomic E-state index is 12.4. The van der Waals surface area contributed by atoms with Gasteiger partial charge in [0.15, 0.2) is 0 Å². The van der Waals surface area contributed by atoms with E-state index < -0.39 is 0 Å². The monoisotopic (exact) mass is 368 g/mol. The van der Waals surface area contributed by atoms with Crippen LogP contribution in [0.3, 0.4) is 0 Å². The van der Waals surface area contributed by atoms with E-state index in [1.54, 1.807) is 5.56 Å². The van der Waals surface area contributed by atoms with Gasteiger partial charge in [0.1, 0.15) is 11.6 Å². The van der Waals surface area contributed by atoms with Crippen molar-refractivity contribution in [2.24, 2.45) is 11.8 Å². The van der Waals surface area contributed by atoms with E-state index in [1.165, 1.54) is 44.1 Å². The first-order valence-electron chi connectivity index (χ1n) is 11.3. The lowest BCUT2D eigenvalue weighted by Crippen LogP contribution is -2.16. The second-order valence-electron chi connectivity index (χ2n) is 8.88. The van der Waals surface area contributed by atoms with E-state index >= 15 is 0 Å². The maximum absolute atomic E-state index is 12.4. The first kappa shape index (κ1) is 20.3. The average molecular weight is 369 g/mol. The van der Waals surface area contributed by atoms with Crippen molar-refractivity contribution in [2.45, 2.75) is 96.3 Å². The van der Waals surface area contributed by atoms with Gasteiger partial charge in [0.05, 0.1) is 6.42 Å². The second-order valence-corrected chi connectivity index (χ2v) is 8.88. The van der Waals surface area contributed by atoms with Gasteiger partial charge in [-0.25, -0.2) is 0 Å². The summed E-state index contributed by atoms with van der Waals surface area (Å²) in [6.07, 6.45) is 13.9. The summed E-state index contributed by atoms with van der Waals surface area (Å²) in [4.78, 5) is 24.2. The van der Waals surface area contributed by atoms with Gasteiger partial charge < -0.3 is 0 Å². The molecule has 0 aromatic heterocycles. The molecule has 1 aromatic carbocycles. The predicted molar refractivity (Wildman–Crippen MR) is 111 cm³/mol. The third-order valence-electron chi connectivity index (χ3n) is 6.82. The van der Waals surface area contributed by atoms with Crippen LogP contribution in [0.4, 0.5) is 0 Å². The van der Waals surface area contributed by atoms with E-state index in [9.17, 15) is 9.59 Å². The molecule has 0 amide bonds. The van der Waals surface area contributed by atoms with Gasteiger partial charge in [0.25, 0.3) is 0 Å². The number of aryl methyl sites for hydroxylation is 1. The van der Waals surface area contributed by atoms with Gasteiger partial charge in [-0.05, 0) is 74.3 Å². The van der Waals surface area contributed by atoms with E-state index in [4.69, 9.17) is 0 Å². The topological polar surface area (TPSA) is 34.1 Å². The molecule has 3 rings (SSSR count). The third-order valence-corrected chi connectivity index (χ3v) is 6.82. The fourth-order valence-electron chi connectivity index (χ4n) is 5.27. The predicted octanol–water partition coefficient (Wildman–Crippen LogP) is 6.41. The molecule has 1 aromatic rings. The number of hydrogen-bond donors (Lipinski definition) is 0. The summed E-state index contributed by atoms with van der Waals surface area (Å²) < 4.78 is 0. The first-order valence-corrected chi connectivity index (χ1v) is 11.3. The second kappa shape index (κ2) is 10.2. The van der Waals surface area contributed by atoms with Crippen molar-refractivity contribution < 1.29 is 9.59 Å². The highest BCUT2D eigenvalue weighted by atomic mass is 16.1. The molecule has 0 N–H and O–H groups in total. The summed E-state index contributed by atoms with van der Waals surface area (Å²) in [6, 6.07) is 9.06. The summed E-state index contributed by atoms with van der Waals surface area (Å²) in [5, 5.41) is 0. The number of ketones is 2. The van der Waals surface area contributed by atoms with Crippen LogP contribution in [0, 0.1) is 11.8 Å². The summed E-state index contributed by atoms with van der Waals surface area (Å²) in [5.41, 5.74) is 3.13. The van der Waals surface area contributed by atoms with E-state index in [2.05, 4.69) is 24.3 Å². The number of carbonyl (C=O) groups is 2. The molecule has 148 valence electrons. The first-order chi connectivity index (χ1) is 13.2. The lowest BCUT2D eigenvalue weighted by atomic mass is 9.81. The highest BCUT2D eigenvalue weighted by Crippen LogP contribution is 2.38. The molecule has 0 heterocycles. The molecular formula is C25H36O2. The Morgan fingerprint density at radius 2 is 1.78 bits per heavy atom. The molecule has 0 spiro atoms. The molecule has 2 fully saturated rings. The number of Topliss-reactive ketones (excluding diaryl/α,β-unsaturated/α-hetero) is 2. The minimum atomic E-state index is 0.132. The van der Waals surface area contributed by atoms with Crippen LogP contribution in [-0.2, 0) is 16.0 Å². The van der Waals surface area contributed by atoms with E-state index in [0.29, 0.717) is 12.3 Å². The van der Waals surface area contributed by atoms with Crippen molar-refractivity contribution in [3.05, 3.63) is 35.4 Å². The Labute approximate surface area is 165 Å². The fraction of sp³-hybridized carbons (Fsp3) is 0.680. The summed E-state index contributed by atoms with van der Waals surface area (Å²) >= 11 is 0. The minimum Gasteiger partial charge on any atom is -0.299 e. The Morgan fingerprint density at radius 3 is 2.56 bits per heavy atom. The van der Waals surface area contributed by atoms with Crippen molar-refractivity contribution >= 4 is 11.6 Å². The zero-order valence-electron chi connectivity index (χ0n) is 17.1. The van der Waals surface area contributed by atoms with Crippen LogP contribution >= 0.6 is 0 Å². The van der Waals surface area contributed by atoms with Gasteiger partial charge in [-0.1, -0.05) is 50.5 Å². The molecule has 0 radical (unpaired) electrons. The Balaban J connectivity index is 1.50. The molecule has 0 bridgehead atoms. The fourth-order valence-corrected chi connectivity index (χ4v) is 5.27. The molecule has 0 aliphatic heterocycles. The highest BCUT2D eigenvalue weighted by molar-refractivity contribution is 6.00. The van der Waals surface area contributed by atoms with Crippen LogP contribution in [0.5, 0.6) is 0 Å². The molecule has 2 saturated carbocycles. The Bertz CT molecular complexity index is 627. The molecule has 2 unspecified atom stereocenters. The number of benzene rings is 1. The van der Waals surface area contributed by atoms with Crippen molar-refractivity contribution in [1.82, 2.24) is 0 Å². The summed E-state index contributed by atoms with van der Waals surface area (Å²) in [6.45, 7) is 2.00. The van der Waals surface area contributed by atoms with Crippen molar-refractivity contribution in [3.8, 4) is 0 Å². The largest absolute Gasteiger partial charge is 0.299 e. The lowest BCUT2D eigenvalue weighted by Gasteiger charge is -2.24. The van der Waals surface area contributed by atoms with Gasteiger partial charge in [0.2, 0.25) is 0 Å². The lowest BCUT2D eigenvalue weighted by molar-refractivity contribution is -0.129. The standard InChI is InChI=1S/C25H36O2/c1-2-8-23(26)18-25(27)22-16-14-19(17-22)13-15-21-11-6-7-12-24(21)20-9-4-3-5-10-20/h6-7,11-12,19-20,22H,2-5,8-10,13-18H2,1H3. The van der Waals surface area contributed by atoms with Crippen molar-refractivity contribution in [1.29, 1.82) is 0 Å². The molecule has 27 heavy (non-hydrogen) atoms. The van der Waals surface area contributed by atoms with Crippen LogP contribution in [0.2, 0.25) is 0 Å². The Hall–Kier alpha value is -1.44. The van der Waals surface area contributed by atoms with Crippen LogP contribution in [0.25, 0.3) is 0 Å². The minimum absolute atomic E-state index is 0.132. The van der Waals surface area contributed by atoms with Crippen LogP contribution in [0.1, 0.15) is 101 Å². The molecule has 2 nitrogen and oxygen atoms in total. The number of rotatable bonds is 9. The van der Waals surface area contributed by atoms with Gasteiger partial charge >= 0.3 is 0 Å². The highest BCUT2D eigenvalue weighted by Gasteiger charge is 2.30. The number of hydrogen-bond acceptors (Lipinski definition) is 2. The van der Waals surface area contributed by atoms with Crippen LogP contribution in [-0.4, -0.2) is 11.6 Å². The number of carbonyl (C=O) groups excluding carboxylic acids is 2. The van der Waals surface area contributed by atoms with Gasteiger partial charge in [0, 0.05) is 12.3 Å². The molecular weight excluding hydrogens is 332 g/mol. The molecule has 0 saturated heterocycles. The van der Waals surface area contributed by atoms with Gasteiger partial charge in [-0.2, -0.15) is 0 Å². The summed E-state index contributed by atoms with van der Waals surface area (Å²) in [7, 11) is 0. The smallest absolute Gasteiger partial charge is 0.143 e. The normalized spacial score (nSPS) is 23.4. The third kappa shape index (κ3) is 5.77. The quantitative estimate of drug-likeness (QED) is 0.472. The van der Waals surface area contributed by atoms with E-state index in [-0.39, 0.29) is 23.9 Å².